The minimum atomic E-state index is -4.92. The van der Waals surface area contributed by atoms with Gasteiger partial charge in [0.15, 0.2) is 11.6 Å². The molecule has 38 heavy (non-hydrogen) atoms. The Morgan fingerprint density at radius 3 is 2.89 bits per heavy atom. The van der Waals surface area contributed by atoms with E-state index in [-0.39, 0.29) is 12.6 Å². The fraction of sp³-hybridized carbons (Fsp3) is 0.375. The number of nitrogens with one attached hydrogen (secondary N) is 1. The molecule has 5 heterocycles. The molecule has 1 saturated heterocycles. The Hall–Kier alpha value is -4.38. The van der Waals surface area contributed by atoms with Crippen molar-refractivity contribution in [2.45, 2.75) is 37.9 Å². The summed E-state index contributed by atoms with van der Waals surface area (Å²) in [5.74, 6) is -1.00. The number of alkyl halides is 3. The zero-order valence-electron chi connectivity index (χ0n) is 20.2. The number of anilines is 1. The topological polar surface area (TPSA) is 144 Å². The van der Waals surface area contributed by atoms with E-state index in [0.29, 0.717) is 54.3 Å². The number of ether oxygens (including phenoxy) is 2. The summed E-state index contributed by atoms with van der Waals surface area (Å²) >= 11 is 0. The SMILES string of the molecule is C[C@@H](NC(=O)N1CCC2(C1)OCCn1nc(-c3cnc(N)c(OC(F)(F)F)c3)cc12)c1cc(C#N)ccn1. The standard InChI is InChI=1S/C24H23F3N8O3/c1-14(17-8-15(11-28)2-4-30-17)32-22(36)34-5-3-23(13-34)20-10-18(33-35(20)6-7-37-23)16-9-19(21(29)31-12-16)38-24(25,26)27/h2,4,8-10,12,14H,3,5-7,13H2,1H3,(H2,29,31)(H,32,36)/t14-,23?/m1/s1. The number of hydrogen-bond acceptors (Lipinski definition) is 8. The van der Waals surface area contributed by atoms with E-state index in [2.05, 4.69) is 31.2 Å². The number of likely N-dealkylation sites (tertiary alicyclic amines) is 1. The van der Waals surface area contributed by atoms with Crippen LogP contribution in [0.1, 0.15) is 36.3 Å². The number of rotatable bonds is 4. The first-order valence-electron chi connectivity index (χ1n) is 11.7. The highest BCUT2D eigenvalue weighted by molar-refractivity contribution is 5.75. The minimum absolute atomic E-state index is 0.255. The van der Waals surface area contributed by atoms with Crippen LogP contribution in [-0.2, 0) is 16.9 Å². The zero-order valence-corrected chi connectivity index (χ0v) is 20.2. The van der Waals surface area contributed by atoms with Gasteiger partial charge in [0.1, 0.15) is 5.60 Å². The molecule has 2 amide bonds. The van der Waals surface area contributed by atoms with Gasteiger partial charge in [0.2, 0.25) is 0 Å². The molecule has 0 aromatic carbocycles. The number of pyridine rings is 2. The van der Waals surface area contributed by atoms with Crippen LogP contribution in [0.25, 0.3) is 11.3 Å². The third-order valence-electron chi connectivity index (χ3n) is 6.54. The second kappa shape index (κ2) is 9.49. The highest BCUT2D eigenvalue weighted by atomic mass is 19.4. The van der Waals surface area contributed by atoms with Crippen molar-refractivity contribution in [3.05, 3.63) is 53.6 Å². The van der Waals surface area contributed by atoms with Crippen molar-refractivity contribution in [3.8, 4) is 23.1 Å². The van der Waals surface area contributed by atoms with Crippen molar-refractivity contribution >= 4 is 11.8 Å². The van der Waals surface area contributed by atoms with E-state index in [4.69, 9.17) is 15.7 Å². The molecule has 2 aliphatic rings. The van der Waals surface area contributed by atoms with Crippen molar-refractivity contribution in [3.63, 3.8) is 0 Å². The quantitative estimate of drug-likeness (QED) is 0.526. The Morgan fingerprint density at radius 1 is 1.32 bits per heavy atom. The lowest BCUT2D eigenvalue weighted by molar-refractivity contribution is -0.274. The number of nitrogens with zero attached hydrogens (tertiary/aromatic N) is 6. The van der Waals surface area contributed by atoms with E-state index in [1.165, 1.54) is 12.4 Å². The van der Waals surface area contributed by atoms with Gasteiger partial charge in [-0.05, 0) is 31.2 Å². The van der Waals surface area contributed by atoms with Gasteiger partial charge in [-0.2, -0.15) is 10.4 Å². The van der Waals surface area contributed by atoms with Crippen LogP contribution in [0.5, 0.6) is 5.75 Å². The second-order valence-corrected chi connectivity index (χ2v) is 9.06. The molecule has 2 aliphatic heterocycles. The normalized spacial score (nSPS) is 19.6. The highest BCUT2D eigenvalue weighted by Crippen LogP contribution is 2.40. The Balaban J connectivity index is 1.34. The lowest BCUT2D eigenvalue weighted by atomic mass is 9.96. The Labute approximate surface area is 215 Å². The molecule has 5 rings (SSSR count). The van der Waals surface area contributed by atoms with Crippen molar-refractivity contribution in [2.75, 3.05) is 25.4 Å². The maximum Gasteiger partial charge on any atom is 0.573 e. The van der Waals surface area contributed by atoms with E-state index >= 15 is 0 Å². The molecule has 0 saturated carbocycles. The first-order valence-corrected chi connectivity index (χ1v) is 11.7. The summed E-state index contributed by atoms with van der Waals surface area (Å²) in [6.45, 7) is 3.24. The number of fused-ring (bicyclic) bond motifs is 2. The lowest BCUT2D eigenvalue weighted by Gasteiger charge is -2.34. The van der Waals surface area contributed by atoms with Crippen LogP contribution in [0.3, 0.4) is 0 Å². The van der Waals surface area contributed by atoms with Gasteiger partial charge in [0.25, 0.3) is 0 Å². The summed E-state index contributed by atoms with van der Waals surface area (Å²) in [4.78, 5) is 22.7. The van der Waals surface area contributed by atoms with Crippen LogP contribution in [0.4, 0.5) is 23.8 Å². The molecule has 2 atom stereocenters. The Bertz CT molecular complexity index is 1420. The minimum Gasteiger partial charge on any atom is -0.402 e. The summed E-state index contributed by atoms with van der Waals surface area (Å²) in [5, 5.41) is 16.6. The maximum atomic E-state index is 13.0. The van der Waals surface area contributed by atoms with Crippen molar-refractivity contribution in [2.24, 2.45) is 0 Å². The van der Waals surface area contributed by atoms with Gasteiger partial charge in [-0.15, -0.1) is 13.2 Å². The number of nitrogen functional groups attached to an aromatic ring is 1. The Kier molecular flexibility index (Phi) is 6.31. The maximum absolute atomic E-state index is 13.0. The number of hydrogen-bond donors (Lipinski definition) is 2. The van der Waals surface area contributed by atoms with Crippen molar-refractivity contribution < 1.29 is 27.4 Å². The molecule has 0 radical (unpaired) electrons. The first-order chi connectivity index (χ1) is 18.1. The number of aromatic nitrogens is 4. The van der Waals surface area contributed by atoms with Crippen LogP contribution < -0.4 is 15.8 Å². The molecular formula is C24H23F3N8O3. The average molecular weight is 528 g/mol. The predicted octanol–water partition coefficient (Wildman–Crippen LogP) is 3.09. The predicted molar refractivity (Wildman–Crippen MR) is 126 cm³/mol. The molecular weight excluding hydrogens is 505 g/mol. The Morgan fingerprint density at radius 2 is 2.13 bits per heavy atom. The van der Waals surface area contributed by atoms with Gasteiger partial charge in [-0.3, -0.25) is 9.67 Å². The van der Waals surface area contributed by atoms with Gasteiger partial charge in [-0.25, -0.2) is 9.78 Å². The number of nitriles is 1. The average Bonchev–Trinajstić information content (AvgIpc) is 3.51. The first kappa shape index (κ1) is 25.3. The third kappa shape index (κ3) is 4.92. The molecule has 3 aromatic rings. The third-order valence-corrected chi connectivity index (χ3v) is 6.54. The van der Waals surface area contributed by atoms with E-state index < -0.39 is 29.6 Å². The molecule has 1 spiro atoms. The van der Waals surface area contributed by atoms with Crippen LogP contribution in [0.15, 0.2) is 36.7 Å². The number of nitrogens with two attached hydrogens (primary N) is 1. The molecule has 0 bridgehead atoms. The van der Waals surface area contributed by atoms with Crippen LogP contribution in [0, 0.1) is 11.3 Å². The summed E-state index contributed by atoms with van der Waals surface area (Å²) in [6, 6.07) is 7.40. The number of amides is 2. The summed E-state index contributed by atoms with van der Waals surface area (Å²) < 4.78 is 50.2. The smallest absolute Gasteiger partial charge is 0.402 e. The van der Waals surface area contributed by atoms with Gasteiger partial charge in [-0.1, -0.05) is 0 Å². The number of carbonyl (C=O) groups is 1. The molecule has 11 nitrogen and oxygen atoms in total. The van der Waals surface area contributed by atoms with E-state index in [9.17, 15) is 18.0 Å². The second-order valence-electron chi connectivity index (χ2n) is 9.06. The number of urea groups is 1. The molecule has 0 aliphatic carbocycles. The largest absolute Gasteiger partial charge is 0.573 e. The zero-order chi connectivity index (χ0) is 27.1. The lowest BCUT2D eigenvalue weighted by Crippen LogP contribution is -2.45. The number of carbonyl (C=O) groups excluding carboxylic acids is 1. The number of halogens is 3. The summed E-state index contributed by atoms with van der Waals surface area (Å²) in [6.07, 6.45) is -1.57. The van der Waals surface area contributed by atoms with Gasteiger partial charge in [0, 0.05) is 30.9 Å². The monoisotopic (exact) mass is 528 g/mol. The van der Waals surface area contributed by atoms with E-state index in [0.717, 1.165) is 6.07 Å². The fourth-order valence-electron chi connectivity index (χ4n) is 4.69. The summed E-state index contributed by atoms with van der Waals surface area (Å²) in [5.41, 5.74) is 7.12. The fourth-order valence-corrected chi connectivity index (χ4v) is 4.69. The molecule has 1 unspecified atom stereocenters. The van der Waals surface area contributed by atoms with Crippen LogP contribution in [-0.4, -0.2) is 56.7 Å². The van der Waals surface area contributed by atoms with Crippen molar-refractivity contribution in [1.29, 1.82) is 5.26 Å². The molecule has 3 aromatic heterocycles. The molecule has 14 heteroatoms. The van der Waals surface area contributed by atoms with Gasteiger partial charge in [0.05, 0.1) is 54.5 Å². The van der Waals surface area contributed by atoms with Crippen LogP contribution >= 0.6 is 0 Å². The van der Waals surface area contributed by atoms with Gasteiger partial charge < -0.3 is 25.4 Å². The summed E-state index contributed by atoms with van der Waals surface area (Å²) in [7, 11) is 0. The van der Waals surface area contributed by atoms with Crippen LogP contribution in [0.2, 0.25) is 0 Å². The van der Waals surface area contributed by atoms with E-state index in [1.54, 1.807) is 34.7 Å². The highest BCUT2D eigenvalue weighted by Gasteiger charge is 2.47. The van der Waals surface area contributed by atoms with Gasteiger partial charge >= 0.3 is 12.4 Å². The molecule has 1 fully saturated rings. The van der Waals surface area contributed by atoms with Crippen molar-refractivity contribution in [1.82, 2.24) is 30.0 Å². The van der Waals surface area contributed by atoms with E-state index in [1.807, 2.05) is 0 Å². The molecule has 3 N–H and O–H groups in total. The molecule has 198 valence electrons.